The maximum atomic E-state index is 6.37. The van der Waals surface area contributed by atoms with Crippen LogP contribution in [0.15, 0.2) is 48.5 Å². The van der Waals surface area contributed by atoms with E-state index >= 15 is 0 Å². The maximum Gasteiger partial charge on any atom is 0.0740 e. The Kier molecular flexibility index (Phi) is 2.58. The van der Waals surface area contributed by atoms with E-state index in [1.807, 2.05) is 48.5 Å². The Bertz CT molecular complexity index is 671. The normalized spacial score (nSPS) is 10.9. The van der Waals surface area contributed by atoms with E-state index in [4.69, 9.17) is 23.2 Å². The van der Waals surface area contributed by atoms with Crippen LogP contribution in [0.4, 0.5) is 0 Å². The molecule has 0 amide bonds. The molecular weight excluding hydrogens is 253 g/mol. The second-order valence-electron chi connectivity index (χ2n) is 3.87. The van der Waals surface area contributed by atoms with Crippen molar-refractivity contribution in [1.29, 1.82) is 0 Å². The van der Waals surface area contributed by atoms with Gasteiger partial charge in [0.25, 0.3) is 0 Å². The van der Waals surface area contributed by atoms with Crippen LogP contribution >= 0.6 is 23.2 Å². The van der Waals surface area contributed by atoms with Crippen molar-refractivity contribution in [2.24, 2.45) is 0 Å². The van der Waals surface area contributed by atoms with E-state index in [9.17, 15) is 0 Å². The fraction of sp³-hybridized carbons (Fsp3) is 0. The number of fused-ring (bicyclic) bond motifs is 1. The van der Waals surface area contributed by atoms with Gasteiger partial charge in [-0.3, -0.25) is 0 Å². The summed E-state index contributed by atoms with van der Waals surface area (Å²) in [5.41, 5.74) is 3.01. The maximum absolute atomic E-state index is 6.37. The minimum absolute atomic E-state index is 0.693. The van der Waals surface area contributed by atoms with Gasteiger partial charge in [0.1, 0.15) is 0 Å². The molecule has 3 aromatic rings. The Balaban J connectivity index is 2.28. The third-order valence-corrected chi connectivity index (χ3v) is 3.39. The van der Waals surface area contributed by atoms with E-state index in [0.717, 1.165) is 22.2 Å². The highest BCUT2D eigenvalue weighted by Gasteiger charge is 2.10. The molecule has 1 N–H and O–H groups in total. The second-order valence-corrected chi connectivity index (χ2v) is 4.68. The highest BCUT2D eigenvalue weighted by atomic mass is 35.5. The Morgan fingerprint density at radius 2 is 1.65 bits per heavy atom. The van der Waals surface area contributed by atoms with Crippen molar-refractivity contribution in [3.8, 4) is 11.3 Å². The van der Waals surface area contributed by atoms with Crippen LogP contribution in [0.3, 0.4) is 0 Å². The van der Waals surface area contributed by atoms with Crippen LogP contribution in [0.1, 0.15) is 0 Å². The molecule has 17 heavy (non-hydrogen) atoms. The lowest BCUT2D eigenvalue weighted by Gasteiger charge is -1.97. The van der Waals surface area contributed by atoms with Crippen LogP contribution in [0, 0.1) is 0 Å². The third kappa shape index (κ3) is 1.82. The summed E-state index contributed by atoms with van der Waals surface area (Å²) in [4.78, 5) is 3.32. The number of nitrogens with one attached hydrogen (secondary N) is 1. The summed E-state index contributed by atoms with van der Waals surface area (Å²) >= 11 is 12.3. The minimum Gasteiger partial charge on any atom is -0.353 e. The summed E-state index contributed by atoms with van der Waals surface area (Å²) in [6, 6.07) is 15.7. The predicted octanol–water partition coefficient (Wildman–Crippen LogP) is 5.14. The fourth-order valence-corrected chi connectivity index (χ4v) is 2.42. The van der Waals surface area contributed by atoms with Crippen molar-refractivity contribution in [2.75, 3.05) is 0 Å². The quantitative estimate of drug-likeness (QED) is 0.624. The zero-order valence-corrected chi connectivity index (χ0v) is 10.4. The average molecular weight is 262 g/mol. The van der Waals surface area contributed by atoms with Gasteiger partial charge in [0.05, 0.1) is 10.7 Å². The van der Waals surface area contributed by atoms with Gasteiger partial charge in [-0.15, -0.1) is 0 Å². The van der Waals surface area contributed by atoms with Gasteiger partial charge in [-0.25, -0.2) is 0 Å². The molecule has 0 atom stereocenters. The predicted molar refractivity (Wildman–Crippen MR) is 73.8 cm³/mol. The van der Waals surface area contributed by atoms with Crippen LogP contribution in [0.2, 0.25) is 10.0 Å². The van der Waals surface area contributed by atoms with E-state index in [0.29, 0.717) is 10.0 Å². The summed E-state index contributed by atoms with van der Waals surface area (Å²) in [6.45, 7) is 0. The topological polar surface area (TPSA) is 15.8 Å². The van der Waals surface area contributed by atoms with E-state index in [1.165, 1.54) is 0 Å². The smallest absolute Gasteiger partial charge is 0.0740 e. The summed E-state index contributed by atoms with van der Waals surface area (Å²) in [5.74, 6) is 0. The van der Waals surface area contributed by atoms with Gasteiger partial charge in [-0.2, -0.15) is 0 Å². The number of rotatable bonds is 1. The highest BCUT2D eigenvalue weighted by molar-refractivity contribution is 6.39. The fourth-order valence-electron chi connectivity index (χ4n) is 1.93. The third-order valence-electron chi connectivity index (χ3n) is 2.76. The molecule has 1 heterocycles. The van der Waals surface area contributed by atoms with Crippen molar-refractivity contribution in [3.63, 3.8) is 0 Å². The van der Waals surface area contributed by atoms with E-state index in [2.05, 4.69) is 4.98 Å². The van der Waals surface area contributed by atoms with Crippen LogP contribution in [-0.2, 0) is 0 Å². The molecule has 3 rings (SSSR count). The van der Waals surface area contributed by atoms with Crippen molar-refractivity contribution in [2.45, 2.75) is 0 Å². The van der Waals surface area contributed by atoms with Gasteiger partial charge in [0.2, 0.25) is 0 Å². The largest absolute Gasteiger partial charge is 0.353 e. The van der Waals surface area contributed by atoms with Crippen LogP contribution in [0.5, 0.6) is 0 Å². The van der Waals surface area contributed by atoms with Gasteiger partial charge in [0, 0.05) is 15.9 Å². The molecule has 0 radical (unpaired) electrons. The lowest BCUT2D eigenvalue weighted by atomic mass is 10.1. The Morgan fingerprint density at radius 3 is 2.41 bits per heavy atom. The van der Waals surface area contributed by atoms with E-state index in [-0.39, 0.29) is 0 Å². The molecule has 1 nitrogen and oxygen atoms in total. The molecule has 3 heteroatoms. The average Bonchev–Trinajstić information content (AvgIpc) is 2.68. The van der Waals surface area contributed by atoms with Gasteiger partial charge in [-0.05, 0) is 23.8 Å². The van der Waals surface area contributed by atoms with Gasteiger partial charge < -0.3 is 4.98 Å². The van der Waals surface area contributed by atoms with Crippen LogP contribution < -0.4 is 0 Å². The first-order chi connectivity index (χ1) is 8.25. The number of H-pyrrole nitrogens is 1. The molecule has 0 spiro atoms. The zero-order chi connectivity index (χ0) is 11.8. The highest BCUT2D eigenvalue weighted by Crippen LogP contribution is 2.35. The molecule has 0 saturated heterocycles. The first-order valence-corrected chi connectivity index (χ1v) is 6.03. The molecule has 0 unspecified atom stereocenters. The summed E-state index contributed by atoms with van der Waals surface area (Å²) in [7, 11) is 0. The standard InChI is InChI=1S/C14H9Cl2N/c15-10-6-7-12-11(8-10)13(16)14(17-12)9-4-2-1-3-5-9/h1-8,17H. The Hall–Kier alpha value is -1.44. The first-order valence-electron chi connectivity index (χ1n) is 5.28. The molecule has 0 saturated carbocycles. The number of aromatic amines is 1. The van der Waals surface area contributed by atoms with E-state index < -0.39 is 0 Å². The number of hydrogen-bond donors (Lipinski definition) is 1. The molecule has 0 fully saturated rings. The molecule has 0 aliphatic rings. The summed E-state index contributed by atoms with van der Waals surface area (Å²) in [6.07, 6.45) is 0. The summed E-state index contributed by atoms with van der Waals surface area (Å²) in [5, 5.41) is 2.37. The second kappa shape index (κ2) is 4.10. The van der Waals surface area contributed by atoms with Crippen molar-refractivity contribution < 1.29 is 0 Å². The van der Waals surface area contributed by atoms with E-state index in [1.54, 1.807) is 0 Å². The number of halogens is 2. The molecule has 0 bridgehead atoms. The molecule has 2 aromatic carbocycles. The zero-order valence-electron chi connectivity index (χ0n) is 8.87. The molecule has 0 aliphatic heterocycles. The lowest BCUT2D eigenvalue weighted by Crippen LogP contribution is -1.76. The minimum atomic E-state index is 0.693. The van der Waals surface area contributed by atoms with Gasteiger partial charge in [0.15, 0.2) is 0 Å². The number of aromatic nitrogens is 1. The Labute approximate surface area is 109 Å². The summed E-state index contributed by atoms with van der Waals surface area (Å²) < 4.78 is 0. The van der Waals surface area contributed by atoms with Crippen molar-refractivity contribution >= 4 is 34.1 Å². The number of hydrogen-bond acceptors (Lipinski definition) is 0. The lowest BCUT2D eigenvalue weighted by molar-refractivity contribution is 1.45. The van der Waals surface area contributed by atoms with Crippen molar-refractivity contribution in [3.05, 3.63) is 58.6 Å². The molecular formula is C14H9Cl2N. The van der Waals surface area contributed by atoms with Gasteiger partial charge in [-0.1, -0.05) is 53.5 Å². The molecule has 0 aliphatic carbocycles. The van der Waals surface area contributed by atoms with Crippen molar-refractivity contribution in [1.82, 2.24) is 4.98 Å². The molecule has 1 aromatic heterocycles. The molecule has 84 valence electrons. The van der Waals surface area contributed by atoms with Crippen LogP contribution in [-0.4, -0.2) is 4.98 Å². The van der Waals surface area contributed by atoms with Gasteiger partial charge >= 0.3 is 0 Å². The Morgan fingerprint density at radius 1 is 0.882 bits per heavy atom. The van der Waals surface area contributed by atoms with Crippen LogP contribution in [0.25, 0.3) is 22.2 Å². The first kappa shape index (κ1) is 10.7. The SMILES string of the molecule is Clc1ccc2[nH]c(-c3ccccc3)c(Cl)c2c1. The number of benzene rings is 2. The monoisotopic (exact) mass is 261 g/mol.